The Morgan fingerprint density at radius 1 is 1.14 bits per heavy atom. The van der Waals surface area contributed by atoms with E-state index >= 15 is 0 Å². The zero-order valence-electron chi connectivity index (χ0n) is 22.6. The Kier molecular flexibility index (Phi) is 7.01. The summed E-state index contributed by atoms with van der Waals surface area (Å²) in [7, 11) is 0. The molecule has 2 amide bonds. The fourth-order valence-corrected chi connectivity index (χ4v) is 5.49. The van der Waals surface area contributed by atoms with Crippen molar-refractivity contribution in [2.75, 3.05) is 24.9 Å². The largest absolute Gasteiger partial charge is 0.482 e. The second kappa shape index (κ2) is 10.7. The fourth-order valence-electron chi connectivity index (χ4n) is 5.49. The summed E-state index contributed by atoms with van der Waals surface area (Å²) in [4.78, 5) is 42.6. The molecule has 1 fully saturated rings. The standard InChI is InChI=1S/C30H27F3N4O5/c1-18-7-8-30(9-10-41-16-30)37-17-35(18)29(40)25-27(42-15-19-5-3-2-4-6-19)26(38)22(14-36(25)37)28(39)34-13-21-23(32)11-20(31)12-24(21)33/h2-8,11-12,14,18H,9-10,13,15-17H2,1H3,(H,34,39)/t18-,30?/m0/s1. The van der Waals surface area contributed by atoms with Crippen molar-refractivity contribution in [1.29, 1.82) is 0 Å². The van der Waals surface area contributed by atoms with Crippen molar-refractivity contribution >= 4 is 11.8 Å². The molecule has 3 aromatic rings. The van der Waals surface area contributed by atoms with Crippen LogP contribution in [0.1, 0.15) is 45.3 Å². The van der Waals surface area contributed by atoms with Crippen molar-refractivity contribution in [3.63, 3.8) is 0 Å². The Morgan fingerprint density at radius 2 is 1.88 bits per heavy atom. The summed E-state index contributed by atoms with van der Waals surface area (Å²) in [5.41, 5.74) is -1.81. The van der Waals surface area contributed by atoms with E-state index in [0.29, 0.717) is 31.8 Å². The Balaban J connectivity index is 1.45. The molecule has 2 aromatic carbocycles. The van der Waals surface area contributed by atoms with Gasteiger partial charge in [0.25, 0.3) is 11.8 Å². The molecule has 0 radical (unpaired) electrons. The summed E-state index contributed by atoms with van der Waals surface area (Å²) in [5.74, 6) is -5.19. The highest BCUT2D eigenvalue weighted by Gasteiger charge is 2.48. The number of carbonyl (C=O) groups excluding carboxylic acids is 2. The van der Waals surface area contributed by atoms with Crippen molar-refractivity contribution in [2.45, 2.75) is 38.1 Å². The Morgan fingerprint density at radius 3 is 2.57 bits per heavy atom. The summed E-state index contributed by atoms with van der Waals surface area (Å²) in [6, 6.07) is 9.71. The molecule has 4 heterocycles. The van der Waals surface area contributed by atoms with Gasteiger partial charge in [0.05, 0.1) is 6.61 Å². The number of aromatic nitrogens is 1. The van der Waals surface area contributed by atoms with Crippen LogP contribution in [0.2, 0.25) is 0 Å². The van der Waals surface area contributed by atoms with E-state index in [9.17, 15) is 27.6 Å². The van der Waals surface area contributed by atoms with Crippen LogP contribution in [0.25, 0.3) is 0 Å². The van der Waals surface area contributed by atoms with Crippen molar-refractivity contribution in [3.05, 3.63) is 111 Å². The van der Waals surface area contributed by atoms with Gasteiger partial charge in [-0.2, -0.15) is 0 Å². The molecule has 1 unspecified atom stereocenters. The Labute approximate surface area is 238 Å². The van der Waals surface area contributed by atoms with Crippen molar-refractivity contribution in [3.8, 4) is 5.75 Å². The molecule has 1 saturated heterocycles. The van der Waals surface area contributed by atoms with E-state index in [1.807, 2.05) is 30.2 Å². The van der Waals surface area contributed by atoms with Gasteiger partial charge in [-0.15, -0.1) is 0 Å². The minimum atomic E-state index is -1.18. The number of hydrogen-bond donors (Lipinski definition) is 1. The predicted molar refractivity (Wildman–Crippen MR) is 145 cm³/mol. The van der Waals surface area contributed by atoms with E-state index in [4.69, 9.17) is 9.47 Å². The van der Waals surface area contributed by atoms with Crippen molar-refractivity contribution < 1.29 is 32.2 Å². The normalized spacial score (nSPS) is 21.0. The average molecular weight is 581 g/mol. The van der Waals surface area contributed by atoms with E-state index in [0.717, 1.165) is 5.56 Å². The van der Waals surface area contributed by atoms with Gasteiger partial charge in [-0.1, -0.05) is 42.5 Å². The molecule has 0 aliphatic carbocycles. The zero-order chi connectivity index (χ0) is 29.6. The lowest BCUT2D eigenvalue weighted by molar-refractivity contribution is 0.0626. The van der Waals surface area contributed by atoms with Crippen LogP contribution in [-0.4, -0.2) is 52.9 Å². The van der Waals surface area contributed by atoms with Crippen LogP contribution in [0.5, 0.6) is 5.75 Å². The molecule has 0 saturated carbocycles. The van der Waals surface area contributed by atoms with Gasteiger partial charge >= 0.3 is 0 Å². The third kappa shape index (κ3) is 4.71. The second-order valence-electron chi connectivity index (χ2n) is 10.5. The van der Waals surface area contributed by atoms with Crippen LogP contribution in [0, 0.1) is 17.5 Å². The molecule has 6 rings (SSSR count). The van der Waals surface area contributed by atoms with Crippen molar-refractivity contribution in [2.24, 2.45) is 0 Å². The maximum absolute atomic E-state index is 14.2. The first-order chi connectivity index (χ1) is 20.2. The van der Waals surface area contributed by atoms with Gasteiger partial charge in [-0.3, -0.25) is 24.1 Å². The average Bonchev–Trinajstić information content (AvgIpc) is 3.40. The first-order valence-corrected chi connectivity index (χ1v) is 13.4. The van der Waals surface area contributed by atoms with Gasteiger partial charge in [0.15, 0.2) is 11.4 Å². The molecule has 3 aliphatic heterocycles. The number of halogens is 3. The number of nitrogens with one attached hydrogen (secondary N) is 1. The lowest BCUT2D eigenvalue weighted by atomic mass is 9.97. The van der Waals surface area contributed by atoms with Crippen LogP contribution in [0.3, 0.4) is 0 Å². The molecule has 218 valence electrons. The van der Waals surface area contributed by atoms with E-state index < -0.39 is 57.9 Å². The van der Waals surface area contributed by atoms with E-state index in [-0.39, 0.29) is 30.8 Å². The highest BCUT2D eigenvalue weighted by atomic mass is 19.1. The van der Waals surface area contributed by atoms with E-state index in [1.54, 1.807) is 29.2 Å². The quantitative estimate of drug-likeness (QED) is 0.451. The van der Waals surface area contributed by atoms with Gasteiger partial charge in [-0.25, -0.2) is 13.2 Å². The molecule has 1 spiro atoms. The number of nitrogens with zero attached hydrogens (tertiary/aromatic N) is 3. The van der Waals surface area contributed by atoms with Gasteiger partial charge < -0.3 is 19.7 Å². The third-order valence-corrected chi connectivity index (χ3v) is 7.88. The molecule has 42 heavy (non-hydrogen) atoms. The van der Waals surface area contributed by atoms with E-state index in [1.165, 1.54) is 10.9 Å². The molecule has 9 nitrogen and oxygen atoms in total. The number of rotatable bonds is 6. The van der Waals surface area contributed by atoms with Gasteiger partial charge in [0, 0.05) is 49.5 Å². The van der Waals surface area contributed by atoms with Crippen LogP contribution in [-0.2, 0) is 17.9 Å². The molecular weight excluding hydrogens is 553 g/mol. The number of fused-ring (bicyclic) bond motifs is 5. The van der Waals surface area contributed by atoms with Crippen molar-refractivity contribution in [1.82, 2.24) is 14.9 Å². The highest BCUT2D eigenvalue weighted by Crippen LogP contribution is 2.35. The maximum Gasteiger partial charge on any atom is 0.278 e. The highest BCUT2D eigenvalue weighted by molar-refractivity contribution is 5.99. The number of carbonyl (C=O) groups is 2. The summed E-state index contributed by atoms with van der Waals surface area (Å²) in [6.07, 6.45) is 5.74. The van der Waals surface area contributed by atoms with Gasteiger partial charge in [0.1, 0.15) is 41.8 Å². The first kappa shape index (κ1) is 27.6. The minimum absolute atomic E-state index is 0.0452. The zero-order valence-corrected chi connectivity index (χ0v) is 22.6. The topological polar surface area (TPSA) is 93.1 Å². The lowest BCUT2D eigenvalue weighted by Gasteiger charge is -2.46. The van der Waals surface area contributed by atoms with Crippen LogP contribution in [0.4, 0.5) is 13.2 Å². The third-order valence-electron chi connectivity index (χ3n) is 7.88. The molecular formula is C30H27F3N4O5. The molecule has 12 heteroatoms. The number of benzene rings is 2. The number of hydrogen-bond acceptors (Lipinski definition) is 6. The first-order valence-electron chi connectivity index (χ1n) is 13.4. The SMILES string of the molecule is C[C@H]1C=CC2(CCOC2)N2CN1C(=O)c1c(OCc3ccccc3)c(=O)c(C(=O)NCc3c(F)cc(F)cc3F)cn12. The Hall–Kier alpha value is -4.58. The van der Waals surface area contributed by atoms with Gasteiger partial charge in [0.2, 0.25) is 5.43 Å². The second-order valence-corrected chi connectivity index (χ2v) is 10.5. The Bertz CT molecular complexity index is 1630. The van der Waals surface area contributed by atoms with E-state index in [2.05, 4.69) is 5.32 Å². The molecule has 1 aromatic heterocycles. The molecule has 2 bridgehead atoms. The summed E-state index contributed by atoms with van der Waals surface area (Å²) in [6.45, 7) is 2.10. The number of amides is 2. The molecule has 3 aliphatic rings. The van der Waals surface area contributed by atoms with Crippen LogP contribution < -0.4 is 20.5 Å². The molecule has 2 atom stereocenters. The fraction of sp³-hybridized carbons (Fsp3) is 0.300. The summed E-state index contributed by atoms with van der Waals surface area (Å²) in [5, 5.41) is 4.21. The maximum atomic E-state index is 14.2. The monoisotopic (exact) mass is 580 g/mol. The number of ether oxygens (including phenoxy) is 2. The van der Waals surface area contributed by atoms with Gasteiger partial charge in [-0.05, 0) is 12.5 Å². The van der Waals surface area contributed by atoms with Crippen LogP contribution >= 0.6 is 0 Å². The predicted octanol–water partition coefficient (Wildman–Crippen LogP) is 3.24. The smallest absolute Gasteiger partial charge is 0.278 e. The summed E-state index contributed by atoms with van der Waals surface area (Å²) >= 11 is 0. The van der Waals surface area contributed by atoms with Crippen LogP contribution in [0.15, 0.2) is 65.6 Å². The molecule has 1 N–H and O–H groups in total. The summed E-state index contributed by atoms with van der Waals surface area (Å²) < 4.78 is 55.0. The minimum Gasteiger partial charge on any atom is -0.482 e. The lowest BCUT2D eigenvalue weighted by Crippen LogP contribution is -2.63. The number of pyridine rings is 1.